The molecule has 1 saturated carbocycles. The molecule has 0 bridgehead atoms. The molecule has 3 aliphatic heterocycles. The van der Waals surface area contributed by atoms with Gasteiger partial charge in [-0.25, -0.2) is 0 Å². The van der Waals surface area contributed by atoms with E-state index in [1.54, 1.807) is 35.2 Å². The van der Waals surface area contributed by atoms with Crippen molar-refractivity contribution < 1.29 is 37.1 Å². The average Bonchev–Trinajstić information content (AvgIpc) is 3.42. The van der Waals surface area contributed by atoms with Crippen LogP contribution in [0.4, 0.5) is 35.9 Å². The molecule has 0 radical (unpaired) electrons. The van der Waals surface area contributed by atoms with Crippen molar-refractivity contribution in [3.05, 3.63) is 77.4 Å². The number of nitriles is 1. The Morgan fingerprint density at radius 2 is 1.72 bits per heavy atom. The molecule has 3 aromatic carbocycles. The molecular formula is C41H43F3N8O5S. The van der Waals surface area contributed by atoms with Crippen LogP contribution >= 0.6 is 12.2 Å². The number of aryl methyl sites for hydroxylation is 1. The Morgan fingerprint density at radius 1 is 1.00 bits per heavy atom. The van der Waals surface area contributed by atoms with Crippen LogP contribution in [0.1, 0.15) is 55.7 Å². The number of thiocarbonyl (C=S) groups is 1. The minimum Gasteiger partial charge on any atom is -0.492 e. The Labute approximate surface area is 339 Å². The zero-order chi connectivity index (χ0) is 41.2. The van der Waals surface area contributed by atoms with Gasteiger partial charge in [0.1, 0.15) is 23.9 Å². The molecule has 58 heavy (non-hydrogen) atoms. The zero-order valence-electron chi connectivity index (χ0n) is 31.9. The summed E-state index contributed by atoms with van der Waals surface area (Å²) in [5.41, 5.74) is 0.146. The van der Waals surface area contributed by atoms with Crippen molar-refractivity contribution >= 4 is 63.7 Å². The molecule has 4 aliphatic rings. The number of carbonyl (C=O) groups excluding carboxylic acids is 4. The fourth-order valence-corrected chi connectivity index (χ4v) is 8.38. The third kappa shape index (κ3) is 8.36. The third-order valence-corrected chi connectivity index (χ3v) is 11.6. The van der Waals surface area contributed by atoms with Crippen LogP contribution in [0.3, 0.4) is 0 Å². The lowest BCUT2D eigenvalue weighted by Gasteiger charge is -2.43. The van der Waals surface area contributed by atoms with Crippen molar-refractivity contribution in [1.29, 1.82) is 5.26 Å². The first-order valence-electron chi connectivity index (χ1n) is 19.3. The van der Waals surface area contributed by atoms with Crippen LogP contribution in [0, 0.1) is 11.3 Å². The van der Waals surface area contributed by atoms with Crippen molar-refractivity contribution in [1.82, 2.24) is 15.1 Å². The molecular weight excluding hydrogens is 774 g/mol. The lowest BCUT2D eigenvalue weighted by Crippen LogP contribution is -2.55. The number of amides is 4. The second-order valence-electron chi connectivity index (χ2n) is 14.9. The van der Waals surface area contributed by atoms with E-state index in [0.717, 1.165) is 42.1 Å². The first-order chi connectivity index (χ1) is 27.8. The van der Waals surface area contributed by atoms with E-state index < -0.39 is 28.9 Å². The molecule has 1 unspecified atom stereocenters. The number of imide groups is 1. The number of alkyl halides is 3. The van der Waals surface area contributed by atoms with E-state index >= 15 is 0 Å². The molecule has 1 aliphatic carbocycles. The molecule has 7 rings (SSSR count). The summed E-state index contributed by atoms with van der Waals surface area (Å²) in [6.07, 6.45) is -1.72. The maximum atomic E-state index is 13.9. The van der Waals surface area contributed by atoms with E-state index in [-0.39, 0.29) is 47.4 Å². The molecule has 4 amide bonds. The van der Waals surface area contributed by atoms with Gasteiger partial charge in [-0.1, -0.05) is 13.0 Å². The molecule has 304 valence electrons. The summed E-state index contributed by atoms with van der Waals surface area (Å²) in [5.74, 6) is -0.487. The lowest BCUT2D eigenvalue weighted by atomic mass is 9.75. The zero-order valence-corrected chi connectivity index (χ0v) is 32.7. The highest BCUT2D eigenvalue weighted by Gasteiger charge is 2.59. The molecule has 17 heteroatoms. The lowest BCUT2D eigenvalue weighted by molar-refractivity contribution is -0.138. The Morgan fingerprint density at radius 3 is 2.40 bits per heavy atom. The molecule has 3 N–H and O–H groups in total. The second-order valence-corrected chi connectivity index (χ2v) is 15.2. The molecule has 0 aromatic heterocycles. The van der Waals surface area contributed by atoms with Crippen molar-refractivity contribution in [3.63, 3.8) is 0 Å². The number of piperazine rings is 1. The van der Waals surface area contributed by atoms with Gasteiger partial charge in [0, 0.05) is 56.2 Å². The van der Waals surface area contributed by atoms with Gasteiger partial charge in [-0.05, 0) is 104 Å². The summed E-state index contributed by atoms with van der Waals surface area (Å²) in [5, 5.41) is 17.7. The van der Waals surface area contributed by atoms with E-state index in [1.165, 1.54) is 6.07 Å². The van der Waals surface area contributed by atoms with Crippen LogP contribution < -0.4 is 30.5 Å². The summed E-state index contributed by atoms with van der Waals surface area (Å²) < 4.78 is 47.7. The number of benzene rings is 3. The summed E-state index contributed by atoms with van der Waals surface area (Å²) in [4.78, 5) is 57.7. The summed E-state index contributed by atoms with van der Waals surface area (Å²) in [6, 6.07) is 17.0. The number of halogens is 3. The third-order valence-electron chi connectivity index (χ3n) is 11.2. The number of carbonyl (C=O) groups is 4. The number of hydrogen-bond donors (Lipinski definition) is 3. The molecule has 13 nitrogen and oxygen atoms in total. The first kappa shape index (κ1) is 40.6. The largest absolute Gasteiger partial charge is 0.492 e. The Balaban J connectivity index is 0.910. The standard InChI is InChI=1S/C41H43F3N8O5S/c1-2-26-21-31(52-39(58)51(38(56)40(52)13-4-14-40)30-8-7-27(24-45)32(23-30)41(42,43)44)9-11-34(26)57-20-19-49-15-17-50(18-16-49)25-36(54)47-29-6-3-5-28(22-29)46-33-10-12-35(53)48-37(33)55/h3,5-9,11,21-23,33,46H,2,4,10,12-20,25H2,1H3,(H,47,54)(H,48,53,55). The maximum absolute atomic E-state index is 13.9. The molecule has 1 spiro atoms. The molecule has 3 aromatic rings. The Kier molecular flexibility index (Phi) is 11.7. The number of rotatable bonds is 12. The number of nitrogens with one attached hydrogen (secondary N) is 3. The smallest absolute Gasteiger partial charge is 0.417 e. The molecule has 1 atom stereocenters. The normalized spacial score (nSPS) is 19.8. The van der Waals surface area contributed by atoms with Crippen LogP contribution in [0.25, 0.3) is 0 Å². The Bertz CT molecular complexity index is 2170. The molecule has 3 saturated heterocycles. The number of anilines is 4. The van der Waals surface area contributed by atoms with Gasteiger partial charge in [0.2, 0.25) is 17.7 Å². The number of hydrogen-bond acceptors (Lipinski definition) is 10. The first-order valence-corrected chi connectivity index (χ1v) is 19.7. The Hall–Kier alpha value is -5.57. The predicted molar refractivity (Wildman–Crippen MR) is 214 cm³/mol. The van der Waals surface area contributed by atoms with Crippen LogP contribution in [-0.4, -0.2) is 96.0 Å². The fraction of sp³-hybridized carbons (Fsp3) is 0.415. The van der Waals surface area contributed by atoms with Gasteiger partial charge in [0.05, 0.1) is 29.4 Å². The van der Waals surface area contributed by atoms with E-state index in [2.05, 4.69) is 25.8 Å². The topological polar surface area (TPSA) is 150 Å². The average molecular weight is 817 g/mol. The highest BCUT2D eigenvalue weighted by atomic mass is 32.1. The monoisotopic (exact) mass is 816 g/mol. The quantitative estimate of drug-likeness (QED) is 0.167. The van der Waals surface area contributed by atoms with E-state index in [1.807, 2.05) is 25.1 Å². The van der Waals surface area contributed by atoms with E-state index in [0.29, 0.717) is 74.7 Å². The van der Waals surface area contributed by atoms with Crippen LogP contribution in [0.2, 0.25) is 0 Å². The van der Waals surface area contributed by atoms with Crippen LogP contribution in [0.15, 0.2) is 60.7 Å². The summed E-state index contributed by atoms with van der Waals surface area (Å²) in [6.45, 7) is 6.23. The summed E-state index contributed by atoms with van der Waals surface area (Å²) >= 11 is 5.80. The highest BCUT2D eigenvalue weighted by Crippen LogP contribution is 2.49. The van der Waals surface area contributed by atoms with Gasteiger partial charge in [0.15, 0.2) is 5.11 Å². The van der Waals surface area contributed by atoms with Gasteiger partial charge >= 0.3 is 6.18 Å². The van der Waals surface area contributed by atoms with Gasteiger partial charge in [-0.15, -0.1) is 0 Å². The van der Waals surface area contributed by atoms with Gasteiger partial charge in [0.25, 0.3) is 5.91 Å². The van der Waals surface area contributed by atoms with Crippen molar-refractivity contribution in [2.75, 3.05) is 66.3 Å². The SMILES string of the molecule is CCc1cc(N2C(=S)N(c3ccc(C#N)c(C(F)(F)F)c3)C(=O)C23CCC3)ccc1OCCN1CCN(CC(=O)Nc2cccc(NC3CCC(=O)NC3=O)c2)CC1. The molecule has 4 fully saturated rings. The minimum absolute atomic E-state index is 0.0290. The maximum Gasteiger partial charge on any atom is 0.417 e. The summed E-state index contributed by atoms with van der Waals surface area (Å²) in [7, 11) is 0. The van der Waals surface area contributed by atoms with Gasteiger partial charge < -0.3 is 20.3 Å². The van der Waals surface area contributed by atoms with E-state index in [9.17, 15) is 37.6 Å². The second kappa shape index (κ2) is 16.7. The predicted octanol–water partition coefficient (Wildman–Crippen LogP) is 5.05. The van der Waals surface area contributed by atoms with Crippen molar-refractivity contribution in [3.8, 4) is 11.8 Å². The number of nitrogens with zero attached hydrogens (tertiary/aromatic N) is 5. The molecule has 3 heterocycles. The minimum atomic E-state index is -4.78. The number of piperidine rings is 1. The number of ether oxygens (including phenoxy) is 1. The van der Waals surface area contributed by atoms with Crippen LogP contribution in [-0.2, 0) is 31.8 Å². The van der Waals surface area contributed by atoms with Gasteiger partial charge in [-0.3, -0.25) is 39.2 Å². The van der Waals surface area contributed by atoms with Crippen molar-refractivity contribution in [2.45, 2.75) is 63.2 Å². The fourth-order valence-electron chi connectivity index (χ4n) is 7.91. The van der Waals surface area contributed by atoms with Gasteiger partial charge in [-0.2, -0.15) is 18.4 Å². The van der Waals surface area contributed by atoms with E-state index in [4.69, 9.17) is 17.0 Å². The highest BCUT2D eigenvalue weighted by molar-refractivity contribution is 7.81. The van der Waals surface area contributed by atoms with Crippen LogP contribution in [0.5, 0.6) is 5.75 Å². The van der Waals surface area contributed by atoms with Crippen molar-refractivity contribution in [2.24, 2.45) is 0 Å².